The molecule has 0 radical (unpaired) electrons. The number of carbonyl (C=O) groups is 2. The van der Waals surface area contributed by atoms with Gasteiger partial charge in [0, 0.05) is 19.0 Å². The Morgan fingerprint density at radius 1 is 1.21 bits per heavy atom. The van der Waals surface area contributed by atoms with Gasteiger partial charge < -0.3 is 19.7 Å². The van der Waals surface area contributed by atoms with Crippen LogP contribution in [0, 0.1) is 5.82 Å². The van der Waals surface area contributed by atoms with Crippen LogP contribution in [0.5, 0.6) is 11.5 Å². The summed E-state index contributed by atoms with van der Waals surface area (Å²) in [4.78, 5) is 30.1. The average Bonchev–Trinajstić information content (AvgIpc) is 3.53. The second-order valence-corrected chi connectivity index (χ2v) is 6.42. The Morgan fingerprint density at radius 3 is 2.61 bits per heavy atom. The number of pyridine rings is 1. The molecule has 1 aromatic carbocycles. The Kier molecular flexibility index (Phi) is 6.41. The number of hydrogen-bond donors (Lipinski definition) is 1. The van der Waals surface area contributed by atoms with E-state index in [9.17, 15) is 14.0 Å². The summed E-state index contributed by atoms with van der Waals surface area (Å²) in [6, 6.07) is 9.86. The molecule has 148 valence electrons. The van der Waals surface area contributed by atoms with Gasteiger partial charge in [-0.25, -0.2) is 9.37 Å². The zero-order valence-corrected chi connectivity index (χ0v) is 15.6. The highest BCUT2D eigenvalue weighted by Gasteiger charge is 2.32. The minimum Gasteiger partial charge on any atom is -0.493 e. The Hall–Kier alpha value is -3.16. The molecule has 0 saturated heterocycles. The number of rotatable bonds is 9. The molecule has 1 fully saturated rings. The maximum Gasteiger partial charge on any atom is 0.260 e. The molecule has 0 atom stereocenters. The lowest BCUT2D eigenvalue weighted by Crippen LogP contribution is -2.38. The fourth-order valence-electron chi connectivity index (χ4n) is 2.73. The Labute approximate surface area is 162 Å². The van der Waals surface area contributed by atoms with Gasteiger partial charge in [0.25, 0.3) is 5.91 Å². The SMILES string of the molecule is COc1ccccc1OCC(=O)N(CCC(=O)Nc1ccc(F)cn1)C1CC1. The van der Waals surface area contributed by atoms with Crippen LogP contribution in [0.4, 0.5) is 10.2 Å². The summed E-state index contributed by atoms with van der Waals surface area (Å²) in [6.45, 7) is 0.157. The Morgan fingerprint density at radius 2 is 1.96 bits per heavy atom. The molecule has 1 aromatic heterocycles. The van der Waals surface area contributed by atoms with Crippen LogP contribution in [0.2, 0.25) is 0 Å². The van der Waals surface area contributed by atoms with Crippen molar-refractivity contribution in [2.75, 3.05) is 25.6 Å². The molecule has 0 aliphatic heterocycles. The molecule has 28 heavy (non-hydrogen) atoms. The van der Waals surface area contributed by atoms with Crippen molar-refractivity contribution >= 4 is 17.6 Å². The fourth-order valence-corrected chi connectivity index (χ4v) is 2.73. The third kappa shape index (κ3) is 5.42. The van der Waals surface area contributed by atoms with E-state index in [2.05, 4.69) is 10.3 Å². The van der Waals surface area contributed by atoms with Gasteiger partial charge in [-0.15, -0.1) is 0 Å². The highest BCUT2D eigenvalue weighted by molar-refractivity contribution is 5.90. The molecule has 2 aromatic rings. The van der Waals surface area contributed by atoms with E-state index >= 15 is 0 Å². The van der Waals surface area contributed by atoms with Crippen LogP contribution in [0.3, 0.4) is 0 Å². The lowest BCUT2D eigenvalue weighted by atomic mass is 10.3. The van der Waals surface area contributed by atoms with Crippen molar-refractivity contribution in [3.8, 4) is 11.5 Å². The first kappa shape index (κ1) is 19.6. The number of anilines is 1. The zero-order chi connectivity index (χ0) is 19.9. The number of aromatic nitrogens is 1. The lowest BCUT2D eigenvalue weighted by molar-refractivity contribution is -0.134. The number of benzene rings is 1. The number of nitrogens with one attached hydrogen (secondary N) is 1. The summed E-state index contributed by atoms with van der Waals surface area (Å²) < 4.78 is 23.7. The molecule has 1 saturated carbocycles. The first-order valence-electron chi connectivity index (χ1n) is 9.03. The van der Waals surface area contributed by atoms with Crippen LogP contribution in [0.1, 0.15) is 19.3 Å². The Balaban J connectivity index is 1.51. The van der Waals surface area contributed by atoms with E-state index in [1.165, 1.54) is 19.2 Å². The quantitative estimate of drug-likeness (QED) is 0.715. The van der Waals surface area contributed by atoms with Gasteiger partial charge in [-0.3, -0.25) is 9.59 Å². The molecule has 1 heterocycles. The maximum absolute atomic E-state index is 12.9. The molecule has 1 aliphatic carbocycles. The van der Waals surface area contributed by atoms with E-state index in [4.69, 9.17) is 9.47 Å². The van der Waals surface area contributed by atoms with E-state index < -0.39 is 5.82 Å². The van der Waals surface area contributed by atoms with Crippen molar-refractivity contribution in [2.24, 2.45) is 0 Å². The van der Waals surface area contributed by atoms with Gasteiger partial charge in [-0.2, -0.15) is 0 Å². The van der Waals surface area contributed by atoms with Gasteiger partial charge >= 0.3 is 0 Å². The monoisotopic (exact) mass is 387 g/mol. The van der Waals surface area contributed by atoms with Crippen LogP contribution >= 0.6 is 0 Å². The molecule has 1 N–H and O–H groups in total. The number of methoxy groups -OCH3 is 1. The summed E-state index contributed by atoms with van der Waals surface area (Å²) in [5, 5.41) is 2.59. The minimum atomic E-state index is -0.474. The highest BCUT2D eigenvalue weighted by Crippen LogP contribution is 2.28. The van der Waals surface area contributed by atoms with Crippen LogP contribution < -0.4 is 14.8 Å². The van der Waals surface area contributed by atoms with Crippen LogP contribution in [0.15, 0.2) is 42.6 Å². The van der Waals surface area contributed by atoms with Crippen LogP contribution in [-0.2, 0) is 9.59 Å². The largest absolute Gasteiger partial charge is 0.493 e. The molecule has 7 nitrogen and oxygen atoms in total. The molecular weight excluding hydrogens is 365 g/mol. The van der Waals surface area contributed by atoms with Crippen molar-refractivity contribution in [1.82, 2.24) is 9.88 Å². The second kappa shape index (κ2) is 9.16. The predicted octanol–water partition coefficient (Wildman–Crippen LogP) is 2.63. The normalized spacial score (nSPS) is 12.9. The van der Waals surface area contributed by atoms with Gasteiger partial charge in [-0.05, 0) is 37.1 Å². The first-order chi connectivity index (χ1) is 13.6. The van der Waals surface area contributed by atoms with Gasteiger partial charge in [-0.1, -0.05) is 12.1 Å². The minimum absolute atomic E-state index is 0.121. The third-order valence-corrected chi connectivity index (χ3v) is 4.30. The molecule has 3 rings (SSSR count). The molecular formula is C20H22FN3O4. The van der Waals surface area contributed by atoms with Crippen molar-refractivity contribution < 1.29 is 23.5 Å². The van der Waals surface area contributed by atoms with Crippen LogP contribution in [0.25, 0.3) is 0 Å². The number of hydrogen-bond acceptors (Lipinski definition) is 5. The Bertz CT molecular complexity index is 824. The van der Waals surface area contributed by atoms with Gasteiger partial charge in [0.05, 0.1) is 13.3 Å². The number of amides is 2. The maximum atomic E-state index is 12.9. The molecule has 0 bridgehead atoms. The number of ether oxygens (including phenoxy) is 2. The average molecular weight is 387 g/mol. The zero-order valence-electron chi connectivity index (χ0n) is 15.6. The van der Waals surface area contributed by atoms with Crippen molar-refractivity contribution in [1.29, 1.82) is 0 Å². The molecule has 0 unspecified atom stereocenters. The standard InChI is InChI=1S/C20H22FN3O4/c1-27-16-4-2-3-5-17(16)28-13-20(26)24(15-7-8-15)11-10-19(25)23-18-9-6-14(21)12-22-18/h2-6,9,12,15H,7-8,10-11,13H2,1H3,(H,22,23,25). The summed E-state index contributed by atoms with van der Waals surface area (Å²) in [5.41, 5.74) is 0. The van der Waals surface area contributed by atoms with E-state index in [1.54, 1.807) is 23.1 Å². The molecule has 2 amide bonds. The van der Waals surface area contributed by atoms with E-state index in [1.807, 2.05) is 6.07 Å². The summed E-state index contributed by atoms with van der Waals surface area (Å²) in [5.74, 6) is 0.381. The van der Waals surface area contributed by atoms with Crippen molar-refractivity contribution in [2.45, 2.75) is 25.3 Å². The lowest BCUT2D eigenvalue weighted by Gasteiger charge is -2.22. The van der Waals surface area contributed by atoms with Crippen LogP contribution in [-0.4, -0.2) is 48.0 Å². The van der Waals surface area contributed by atoms with E-state index in [-0.39, 0.29) is 43.2 Å². The fraction of sp³-hybridized carbons (Fsp3) is 0.350. The first-order valence-corrected chi connectivity index (χ1v) is 9.03. The van der Waals surface area contributed by atoms with E-state index in [0.717, 1.165) is 19.0 Å². The smallest absolute Gasteiger partial charge is 0.260 e. The topological polar surface area (TPSA) is 80.8 Å². The second-order valence-electron chi connectivity index (χ2n) is 6.42. The molecule has 1 aliphatic rings. The summed E-state index contributed by atoms with van der Waals surface area (Å²) >= 11 is 0. The van der Waals surface area contributed by atoms with Gasteiger partial charge in [0.15, 0.2) is 18.1 Å². The van der Waals surface area contributed by atoms with Crippen molar-refractivity contribution in [3.05, 3.63) is 48.4 Å². The van der Waals surface area contributed by atoms with Gasteiger partial charge in [0.1, 0.15) is 11.6 Å². The molecule has 8 heteroatoms. The molecule has 0 spiro atoms. The van der Waals surface area contributed by atoms with Crippen molar-refractivity contribution in [3.63, 3.8) is 0 Å². The number of halogens is 1. The predicted molar refractivity (Wildman–Crippen MR) is 101 cm³/mol. The highest BCUT2D eigenvalue weighted by atomic mass is 19.1. The van der Waals surface area contributed by atoms with Gasteiger partial charge in [0.2, 0.25) is 5.91 Å². The summed E-state index contributed by atoms with van der Waals surface area (Å²) in [6.07, 6.45) is 2.99. The summed E-state index contributed by atoms with van der Waals surface area (Å²) in [7, 11) is 1.54. The third-order valence-electron chi connectivity index (χ3n) is 4.30. The number of nitrogens with zero attached hydrogens (tertiary/aromatic N) is 2. The van der Waals surface area contributed by atoms with E-state index in [0.29, 0.717) is 11.5 Å². The number of carbonyl (C=O) groups excluding carboxylic acids is 2. The number of para-hydroxylation sites is 2.